The fraction of sp³-hybridized carbons (Fsp3) is 0.765. The molecule has 4 heteroatoms. The van der Waals surface area contributed by atoms with Gasteiger partial charge >= 0.3 is 0 Å². The molecule has 2 atom stereocenters. The highest BCUT2D eigenvalue weighted by atomic mass is 32.1. The van der Waals surface area contributed by atoms with E-state index in [0.29, 0.717) is 12.0 Å². The second-order valence-corrected chi connectivity index (χ2v) is 7.80. The molecular formula is C17H24N2OS. The predicted molar refractivity (Wildman–Crippen MR) is 84.7 cm³/mol. The van der Waals surface area contributed by atoms with Crippen LogP contribution in [0.15, 0.2) is 5.51 Å². The Kier molecular flexibility index (Phi) is 3.74. The van der Waals surface area contributed by atoms with Gasteiger partial charge < -0.3 is 4.90 Å². The van der Waals surface area contributed by atoms with Gasteiger partial charge in [0.2, 0.25) is 0 Å². The van der Waals surface area contributed by atoms with Gasteiger partial charge in [-0.25, -0.2) is 4.98 Å². The fourth-order valence-corrected chi connectivity index (χ4v) is 5.06. The minimum Gasteiger partial charge on any atom is -0.335 e. The third-order valence-electron chi connectivity index (χ3n) is 5.51. The topological polar surface area (TPSA) is 33.2 Å². The zero-order chi connectivity index (χ0) is 14.2. The highest BCUT2D eigenvalue weighted by Crippen LogP contribution is 2.43. The summed E-state index contributed by atoms with van der Waals surface area (Å²) in [5.41, 5.74) is 2.97. The third-order valence-corrected chi connectivity index (χ3v) is 6.34. The number of aromatic nitrogens is 1. The van der Waals surface area contributed by atoms with Crippen LogP contribution in [-0.2, 0) is 0 Å². The normalized spacial score (nSPS) is 29.8. The molecule has 3 nitrogen and oxygen atoms in total. The maximum Gasteiger partial charge on any atom is 0.266 e. The molecule has 2 aliphatic carbocycles. The SMILES string of the molecule is O=C(c1scnc1C1CC1)N1CCCC[C@H]2CCCC[C@H]21. The van der Waals surface area contributed by atoms with E-state index in [-0.39, 0.29) is 5.91 Å². The number of carbonyl (C=O) groups is 1. The summed E-state index contributed by atoms with van der Waals surface area (Å²) in [5, 5.41) is 0. The molecule has 0 radical (unpaired) electrons. The Morgan fingerprint density at radius 3 is 2.67 bits per heavy atom. The van der Waals surface area contributed by atoms with Crippen LogP contribution in [0, 0.1) is 5.92 Å². The molecule has 1 aliphatic heterocycles. The number of thiazole rings is 1. The van der Waals surface area contributed by atoms with Crippen LogP contribution in [0.1, 0.15) is 79.1 Å². The van der Waals surface area contributed by atoms with Crippen molar-refractivity contribution in [3.63, 3.8) is 0 Å². The zero-order valence-corrected chi connectivity index (χ0v) is 13.4. The van der Waals surface area contributed by atoms with Gasteiger partial charge in [-0.05, 0) is 44.4 Å². The first-order valence-corrected chi connectivity index (χ1v) is 9.47. The molecule has 1 aromatic heterocycles. The van der Waals surface area contributed by atoms with Crippen molar-refractivity contribution in [2.24, 2.45) is 5.92 Å². The van der Waals surface area contributed by atoms with Crippen LogP contribution in [0.4, 0.5) is 0 Å². The molecule has 1 amide bonds. The van der Waals surface area contributed by atoms with Gasteiger partial charge in [0.25, 0.3) is 5.91 Å². The molecule has 3 fully saturated rings. The Labute approximate surface area is 130 Å². The summed E-state index contributed by atoms with van der Waals surface area (Å²) in [7, 11) is 0. The molecule has 0 unspecified atom stereocenters. The number of likely N-dealkylation sites (tertiary alicyclic amines) is 1. The van der Waals surface area contributed by atoms with E-state index in [0.717, 1.165) is 23.0 Å². The average molecular weight is 304 g/mol. The lowest BCUT2D eigenvalue weighted by Gasteiger charge is -2.38. The summed E-state index contributed by atoms with van der Waals surface area (Å²) in [6, 6.07) is 0.503. The minimum absolute atomic E-state index is 0.290. The second kappa shape index (κ2) is 5.71. The Morgan fingerprint density at radius 1 is 1.10 bits per heavy atom. The van der Waals surface area contributed by atoms with Gasteiger partial charge in [0, 0.05) is 18.5 Å². The van der Waals surface area contributed by atoms with E-state index >= 15 is 0 Å². The Bertz CT molecular complexity index is 523. The first-order chi connectivity index (χ1) is 10.3. The first kappa shape index (κ1) is 13.7. The molecule has 21 heavy (non-hydrogen) atoms. The molecule has 2 heterocycles. The third kappa shape index (κ3) is 2.63. The molecule has 0 N–H and O–H groups in total. The summed E-state index contributed by atoms with van der Waals surface area (Å²) >= 11 is 1.56. The van der Waals surface area contributed by atoms with Crippen LogP contribution in [0.2, 0.25) is 0 Å². The zero-order valence-electron chi connectivity index (χ0n) is 12.6. The van der Waals surface area contributed by atoms with Gasteiger partial charge in [0.05, 0.1) is 11.2 Å². The highest BCUT2D eigenvalue weighted by Gasteiger charge is 2.37. The molecule has 0 bridgehead atoms. The molecule has 114 valence electrons. The van der Waals surface area contributed by atoms with Crippen LogP contribution in [-0.4, -0.2) is 28.4 Å². The van der Waals surface area contributed by atoms with Crippen molar-refractivity contribution in [3.05, 3.63) is 16.1 Å². The number of nitrogens with zero attached hydrogens (tertiary/aromatic N) is 2. The van der Waals surface area contributed by atoms with Crippen molar-refractivity contribution in [1.29, 1.82) is 0 Å². The molecular weight excluding hydrogens is 280 g/mol. The van der Waals surface area contributed by atoms with Gasteiger partial charge in [0.1, 0.15) is 4.88 Å². The largest absolute Gasteiger partial charge is 0.335 e. The Balaban J connectivity index is 1.60. The molecule has 0 aromatic carbocycles. The second-order valence-electron chi connectivity index (χ2n) is 6.95. The van der Waals surface area contributed by atoms with Crippen molar-refractivity contribution >= 4 is 17.2 Å². The number of amides is 1. The van der Waals surface area contributed by atoms with Crippen LogP contribution >= 0.6 is 11.3 Å². The van der Waals surface area contributed by atoms with E-state index in [4.69, 9.17) is 0 Å². The predicted octanol–water partition coefficient (Wildman–Crippen LogP) is 4.21. The summed E-state index contributed by atoms with van der Waals surface area (Å²) in [5.74, 6) is 1.62. The number of hydrogen-bond acceptors (Lipinski definition) is 3. The molecule has 0 spiro atoms. The van der Waals surface area contributed by atoms with E-state index in [1.165, 1.54) is 57.8 Å². The van der Waals surface area contributed by atoms with E-state index in [1.54, 1.807) is 11.3 Å². The first-order valence-electron chi connectivity index (χ1n) is 8.59. The monoisotopic (exact) mass is 304 g/mol. The summed E-state index contributed by atoms with van der Waals surface area (Å²) in [4.78, 5) is 20.8. The van der Waals surface area contributed by atoms with Gasteiger partial charge in [-0.3, -0.25) is 4.79 Å². The van der Waals surface area contributed by atoms with Gasteiger partial charge in [-0.15, -0.1) is 11.3 Å². The highest BCUT2D eigenvalue weighted by molar-refractivity contribution is 7.11. The summed E-state index contributed by atoms with van der Waals surface area (Å²) < 4.78 is 0. The molecule has 1 aromatic rings. The maximum atomic E-state index is 13.1. The lowest BCUT2D eigenvalue weighted by Crippen LogP contribution is -2.45. The molecule has 4 rings (SSSR count). The quantitative estimate of drug-likeness (QED) is 0.820. The van der Waals surface area contributed by atoms with Crippen molar-refractivity contribution in [3.8, 4) is 0 Å². The van der Waals surface area contributed by atoms with E-state index in [9.17, 15) is 4.79 Å². The number of rotatable bonds is 2. The van der Waals surface area contributed by atoms with Crippen LogP contribution in [0.3, 0.4) is 0 Å². The average Bonchev–Trinajstić information content (AvgIpc) is 3.28. The van der Waals surface area contributed by atoms with E-state index in [1.807, 2.05) is 5.51 Å². The van der Waals surface area contributed by atoms with Crippen molar-refractivity contribution in [1.82, 2.24) is 9.88 Å². The fourth-order valence-electron chi connectivity index (χ4n) is 4.23. The van der Waals surface area contributed by atoms with Crippen LogP contribution in [0.5, 0.6) is 0 Å². The number of carbonyl (C=O) groups excluding carboxylic acids is 1. The standard InChI is InChI=1S/C17H24N2OS/c20-17(16-15(13-8-9-13)18-11-21-16)19-10-4-3-6-12-5-1-2-7-14(12)19/h11-14H,1-10H2/t12-,14-/m1/s1. The Hall–Kier alpha value is -0.900. The van der Waals surface area contributed by atoms with Crippen molar-refractivity contribution < 1.29 is 4.79 Å². The van der Waals surface area contributed by atoms with Crippen molar-refractivity contribution in [2.45, 2.75) is 69.7 Å². The minimum atomic E-state index is 0.290. The lowest BCUT2D eigenvalue weighted by atomic mass is 9.81. The smallest absolute Gasteiger partial charge is 0.266 e. The Morgan fingerprint density at radius 2 is 1.86 bits per heavy atom. The van der Waals surface area contributed by atoms with Gasteiger partial charge in [0.15, 0.2) is 0 Å². The number of hydrogen-bond donors (Lipinski definition) is 0. The lowest BCUT2D eigenvalue weighted by molar-refractivity contribution is 0.0572. The van der Waals surface area contributed by atoms with Crippen LogP contribution in [0.25, 0.3) is 0 Å². The summed E-state index contributed by atoms with van der Waals surface area (Å²) in [6.07, 6.45) is 11.4. The van der Waals surface area contributed by atoms with Crippen molar-refractivity contribution in [2.75, 3.05) is 6.54 Å². The van der Waals surface area contributed by atoms with E-state index in [2.05, 4.69) is 9.88 Å². The van der Waals surface area contributed by atoms with Gasteiger partial charge in [-0.1, -0.05) is 19.3 Å². The molecule has 2 saturated carbocycles. The van der Waals surface area contributed by atoms with Crippen LogP contribution < -0.4 is 0 Å². The van der Waals surface area contributed by atoms with E-state index < -0.39 is 0 Å². The summed E-state index contributed by atoms with van der Waals surface area (Å²) in [6.45, 7) is 0.960. The molecule has 3 aliphatic rings. The van der Waals surface area contributed by atoms with Gasteiger partial charge in [-0.2, -0.15) is 0 Å². The maximum absolute atomic E-state index is 13.1. The number of fused-ring (bicyclic) bond motifs is 1. The molecule has 1 saturated heterocycles.